The highest BCUT2D eigenvalue weighted by Gasteiger charge is 2.29. The predicted molar refractivity (Wildman–Crippen MR) is 98.7 cm³/mol. The van der Waals surface area contributed by atoms with Crippen LogP contribution < -0.4 is 16.4 Å². The number of hydrogen-bond donors (Lipinski definition) is 4. The molecule has 0 spiro atoms. The van der Waals surface area contributed by atoms with Crippen LogP contribution in [0.15, 0.2) is 24.3 Å². The molecule has 0 aliphatic heterocycles. The number of nitrogens with two attached hydrogens (primary N) is 1. The van der Waals surface area contributed by atoms with Gasteiger partial charge in [0, 0.05) is 18.3 Å². The minimum Gasteiger partial charge on any atom is -0.348 e. The number of nitrogens with one attached hydrogen (secondary N) is 2. The Hall–Kier alpha value is -1.04. The van der Waals surface area contributed by atoms with Gasteiger partial charge in [-0.2, -0.15) is 12.6 Å². The zero-order valence-electron chi connectivity index (χ0n) is 14.1. The highest BCUT2D eigenvalue weighted by Crippen LogP contribution is 2.30. The highest BCUT2D eigenvalue weighted by atomic mass is 32.1. The molecule has 2 rings (SSSR count). The van der Waals surface area contributed by atoms with Crippen LogP contribution in [0.1, 0.15) is 43.9 Å². The summed E-state index contributed by atoms with van der Waals surface area (Å²) in [5.41, 5.74) is 8.53. The van der Waals surface area contributed by atoms with Crippen LogP contribution in [-0.4, -0.2) is 30.3 Å². The summed E-state index contributed by atoms with van der Waals surface area (Å²) in [6, 6.07) is 8.26. The van der Waals surface area contributed by atoms with Crippen LogP contribution >= 0.6 is 12.6 Å². The highest BCUT2D eigenvalue weighted by molar-refractivity contribution is 7.80. The molecule has 4 N–H and O–H groups in total. The van der Waals surface area contributed by atoms with E-state index in [2.05, 4.69) is 55.3 Å². The maximum Gasteiger partial charge on any atom is 0.237 e. The molecule has 5 heteroatoms. The molecule has 128 valence electrons. The Morgan fingerprint density at radius 1 is 1.43 bits per heavy atom. The third kappa shape index (κ3) is 4.72. The molecule has 0 saturated heterocycles. The number of hydrogen-bond acceptors (Lipinski definition) is 4. The maximum absolute atomic E-state index is 12.8. The first-order chi connectivity index (χ1) is 11.1. The number of benzene rings is 1. The third-order valence-corrected chi connectivity index (χ3v) is 5.25. The van der Waals surface area contributed by atoms with Crippen molar-refractivity contribution in [3.63, 3.8) is 0 Å². The van der Waals surface area contributed by atoms with Gasteiger partial charge in [-0.15, -0.1) is 0 Å². The van der Waals surface area contributed by atoms with Gasteiger partial charge in [-0.1, -0.05) is 44.5 Å². The Bertz CT molecular complexity index is 523. The number of amides is 1. The molecule has 0 radical (unpaired) electrons. The molecule has 0 fully saturated rings. The molecule has 0 heterocycles. The van der Waals surface area contributed by atoms with E-state index in [-0.39, 0.29) is 30.0 Å². The fraction of sp³-hybridized carbons (Fsp3) is 0.611. The van der Waals surface area contributed by atoms with E-state index in [0.29, 0.717) is 12.3 Å². The van der Waals surface area contributed by atoms with Crippen molar-refractivity contribution < 1.29 is 4.79 Å². The molecule has 0 bridgehead atoms. The van der Waals surface area contributed by atoms with Crippen LogP contribution in [-0.2, 0) is 11.2 Å². The Labute approximate surface area is 145 Å². The van der Waals surface area contributed by atoms with Gasteiger partial charge in [-0.3, -0.25) is 4.79 Å². The van der Waals surface area contributed by atoms with Gasteiger partial charge in [0.2, 0.25) is 5.91 Å². The number of carbonyl (C=O) groups excluding carboxylic acids is 1. The Morgan fingerprint density at radius 2 is 2.17 bits per heavy atom. The lowest BCUT2D eigenvalue weighted by Gasteiger charge is -2.26. The predicted octanol–water partition coefficient (Wildman–Crippen LogP) is 2.05. The molecule has 4 nitrogen and oxygen atoms in total. The first kappa shape index (κ1) is 18.3. The number of carbonyl (C=O) groups is 1. The van der Waals surface area contributed by atoms with Gasteiger partial charge < -0.3 is 16.4 Å². The molecule has 1 aliphatic carbocycles. The molecule has 1 aliphatic rings. The standard InChI is InChI=1S/C18H29N3OS/c1-3-12(2)17(20-10-14(19)11-23)18(22)21-16-9-8-13-6-4-5-7-15(13)16/h4-7,12,14,16-17,20,23H,3,8-11,19H2,1-2H3,(H,21,22)/t12-,14+,16?,17-/m0/s1. The summed E-state index contributed by atoms with van der Waals surface area (Å²) in [4.78, 5) is 12.8. The van der Waals surface area contributed by atoms with Gasteiger partial charge in [-0.05, 0) is 29.9 Å². The molecule has 1 unspecified atom stereocenters. The average Bonchev–Trinajstić information content (AvgIpc) is 2.97. The number of thiol groups is 1. The van der Waals surface area contributed by atoms with E-state index in [0.717, 1.165) is 19.3 Å². The van der Waals surface area contributed by atoms with Crippen molar-refractivity contribution in [1.82, 2.24) is 10.6 Å². The van der Waals surface area contributed by atoms with Gasteiger partial charge in [0.05, 0.1) is 12.1 Å². The van der Waals surface area contributed by atoms with Crippen molar-refractivity contribution in [3.05, 3.63) is 35.4 Å². The second kappa shape index (κ2) is 8.71. The topological polar surface area (TPSA) is 67.1 Å². The normalized spacial score (nSPS) is 20.6. The Kier molecular flexibility index (Phi) is 6.93. The minimum absolute atomic E-state index is 0.0371. The van der Waals surface area contributed by atoms with Gasteiger partial charge in [0.25, 0.3) is 0 Å². The third-order valence-electron chi connectivity index (χ3n) is 4.78. The van der Waals surface area contributed by atoms with Crippen molar-refractivity contribution >= 4 is 18.5 Å². The molecule has 1 amide bonds. The van der Waals surface area contributed by atoms with Crippen molar-refractivity contribution in [3.8, 4) is 0 Å². The zero-order chi connectivity index (χ0) is 16.8. The van der Waals surface area contributed by atoms with Crippen LogP contribution in [0.25, 0.3) is 0 Å². The summed E-state index contributed by atoms with van der Waals surface area (Å²) in [6.45, 7) is 4.81. The summed E-state index contributed by atoms with van der Waals surface area (Å²) in [7, 11) is 0. The fourth-order valence-corrected chi connectivity index (χ4v) is 3.23. The van der Waals surface area contributed by atoms with Gasteiger partial charge >= 0.3 is 0 Å². The monoisotopic (exact) mass is 335 g/mol. The first-order valence-corrected chi connectivity index (χ1v) is 9.18. The van der Waals surface area contributed by atoms with Crippen LogP contribution in [0.5, 0.6) is 0 Å². The second-order valence-electron chi connectivity index (χ2n) is 6.51. The van der Waals surface area contributed by atoms with Crippen LogP contribution in [0.3, 0.4) is 0 Å². The second-order valence-corrected chi connectivity index (χ2v) is 6.88. The van der Waals surface area contributed by atoms with Crippen LogP contribution in [0.2, 0.25) is 0 Å². The largest absolute Gasteiger partial charge is 0.348 e. The van der Waals surface area contributed by atoms with Crippen LogP contribution in [0, 0.1) is 5.92 Å². The zero-order valence-corrected chi connectivity index (χ0v) is 15.0. The van der Waals surface area contributed by atoms with E-state index >= 15 is 0 Å². The summed E-state index contributed by atoms with van der Waals surface area (Å²) < 4.78 is 0. The Balaban J connectivity index is 2.00. The lowest BCUT2D eigenvalue weighted by molar-refractivity contribution is -0.125. The molecule has 1 aromatic rings. The lowest BCUT2D eigenvalue weighted by Crippen LogP contribution is -2.51. The van der Waals surface area contributed by atoms with Crippen molar-refractivity contribution in [2.45, 2.75) is 51.2 Å². The molecule has 0 aromatic heterocycles. The molecule has 4 atom stereocenters. The van der Waals surface area contributed by atoms with Crippen molar-refractivity contribution in [1.29, 1.82) is 0 Å². The summed E-state index contributed by atoms with van der Waals surface area (Å²) in [6.07, 6.45) is 2.96. The maximum atomic E-state index is 12.8. The van der Waals surface area contributed by atoms with Crippen LogP contribution in [0.4, 0.5) is 0 Å². The van der Waals surface area contributed by atoms with E-state index in [4.69, 9.17) is 5.73 Å². The summed E-state index contributed by atoms with van der Waals surface area (Å²) in [5, 5.41) is 6.56. The average molecular weight is 336 g/mol. The van der Waals surface area contributed by atoms with Crippen molar-refractivity contribution in [2.75, 3.05) is 12.3 Å². The van der Waals surface area contributed by atoms with Gasteiger partial charge in [0.1, 0.15) is 0 Å². The van der Waals surface area contributed by atoms with E-state index in [1.54, 1.807) is 0 Å². The molecular formula is C18H29N3OS. The Morgan fingerprint density at radius 3 is 2.87 bits per heavy atom. The van der Waals surface area contributed by atoms with E-state index in [9.17, 15) is 4.79 Å². The fourth-order valence-electron chi connectivity index (χ4n) is 3.10. The smallest absolute Gasteiger partial charge is 0.237 e. The molecule has 23 heavy (non-hydrogen) atoms. The van der Waals surface area contributed by atoms with Gasteiger partial charge in [-0.25, -0.2) is 0 Å². The SMILES string of the molecule is CC[C@H](C)[C@H](NC[C@@H](N)CS)C(=O)NC1CCc2ccccc21. The molecular weight excluding hydrogens is 306 g/mol. The number of aryl methyl sites for hydroxylation is 1. The molecule has 1 aromatic carbocycles. The molecule has 0 saturated carbocycles. The van der Waals surface area contributed by atoms with E-state index in [1.807, 2.05) is 6.07 Å². The van der Waals surface area contributed by atoms with Gasteiger partial charge in [0.15, 0.2) is 0 Å². The van der Waals surface area contributed by atoms with E-state index in [1.165, 1.54) is 11.1 Å². The van der Waals surface area contributed by atoms with E-state index < -0.39 is 0 Å². The van der Waals surface area contributed by atoms with Crippen molar-refractivity contribution in [2.24, 2.45) is 11.7 Å². The number of rotatable bonds is 8. The minimum atomic E-state index is -0.210. The number of fused-ring (bicyclic) bond motifs is 1. The quantitative estimate of drug-likeness (QED) is 0.550. The summed E-state index contributed by atoms with van der Waals surface area (Å²) >= 11 is 4.20. The lowest BCUT2D eigenvalue weighted by atomic mass is 9.97. The first-order valence-electron chi connectivity index (χ1n) is 8.54. The summed E-state index contributed by atoms with van der Waals surface area (Å²) in [5.74, 6) is 0.948.